The summed E-state index contributed by atoms with van der Waals surface area (Å²) in [6, 6.07) is 0. The second-order valence-electron chi connectivity index (χ2n) is 2.93. The molecule has 0 unspecified atom stereocenters. The van der Waals surface area contributed by atoms with Crippen LogP contribution in [-0.2, 0) is 9.53 Å². The molecule has 0 atom stereocenters. The van der Waals surface area contributed by atoms with Crippen LogP contribution in [0.5, 0.6) is 0 Å². The van der Waals surface area contributed by atoms with E-state index < -0.39 is 0 Å². The molecule has 12 heavy (non-hydrogen) atoms. The Balaban J connectivity index is 2.15. The summed E-state index contributed by atoms with van der Waals surface area (Å²) in [5.74, 6) is -0.269. The van der Waals surface area contributed by atoms with Gasteiger partial charge < -0.3 is 4.74 Å². The van der Waals surface area contributed by atoms with E-state index in [-0.39, 0.29) is 5.97 Å². The molecule has 3 nitrogen and oxygen atoms in total. The summed E-state index contributed by atoms with van der Waals surface area (Å²) in [5, 5.41) is 0. The first-order chi connectivity index (χ1) is 5.83. The predicted molar refractivity (Wildman–Crippen MR) is 46.8 cm³/mol. The quantitative estimate of drug-likeness (QED) is 0.462. The van der Waals surface area contributed by atoms with Gasteiger partial charge in [-0.15, -0.1) is 0 Å². The van der Waals surface area contributed by atoms with Crippen LogP contribution >= 0.6 is 0 Å². The third kappa shape index (κ3) is 3.05. The van der Waals surface area contributed by atoms with Crippen molar-refractivity contribution in [3.8, 4) is 0 Å². The number of nitrogens with zero attached hydrogens (tertiary/aromatic N) is 1. The molecule has 0 aromatic rings. The molecular weight excluding hydrogens is 154 g/mol. The summed E-state index contributed by atoms with van der Waals surface area (Å²) in [6.45, 7) is 3.19. The predicted octanol–water partition coefficient (Wildman–Crippen LogP) is 0.811. The molecule has 1 aliphatic heterocycles. The van der Waals surface area contributed by atoms with E-state index in [2.05, 4.69) is 9.64 Å². The van der Waals surface area contributed by atoms with Gasteiger partial charge in [0, 0.05) is 12.6 Å². The first kappa shape index (κ1) is 9.26. The van der Waals surface area contributed by atoms with E-state index in [1.54, 1.807) is 0 Å². The number of methoxy groups -OCH3 is 1. The monoisotopic (exact) mass is 169 g/mol. The van der Waals surface area contributed by atoms with Crippen LogP contribution in [-0.4, -0.2) is 37.6 Å². The molecule has 1 rings (SSSR count). The number of hydrogen-bond acceptors (Lipinski definition) is 3. The highest BCUT2D eigenvalue weighted by atomic mass is 16.5. The molecule has 0 N–H and O–H groups in total. The summed E-state index contributed by atoms with van der Waals surface area (Å²) in [7, 11) is 1.39. The zero-order chi connectivity index (χ0) is 8.81. The van der Waals surface area contributed by atoms with Crippen LogP contribution < -0.4 is 0 Å². The lowest BCUT2D eigenvalue weighted by molar-refractivity contribution is -0.134. The second-order valence-corrected chi connectivity index (χ2v) is 2.93. The number of carbonyl (C=O) groups excluding carboxylic acids is 1. The lowest BCUT2D eigenvalue weighted by atomic mass is 10.4. The lowest BCUT2D eigenvalue weighted by Gasteiger charge is -2.09. The maximum Gasteiger partial charge on any atom is 0.330 e. The van der Waals surface area contributed by atoms with Crippen molar-refractivity contribution in [3.63, 3.8) is 0 Å². The molecule has 0 spiro atoms. The maximum absolute atomic E-state index is 10.7. The van der Waals surface area contributed by atoms with E-state index in [0.717, 1.165) is 19.6 Å². The van der Waals surface area contributed by atoms with Crippen LogP contribution in [0.1, 0.15) is 12.8 Å². The van der Waals surface area contributed by atoms with Crippen molar-refractivity contribution < 1.29 is 9.53 Å². The van der Waals surface area contributed by atoms with Crippen molar-refractivity contribution in [1.82, 2.24) is 4.90 Å². The van der Waals surface area contributed by atoms with E-state index in [1.165, 1.54) is 26.0 Å². The second kappa shape index (κ2) is 4.93. The lowest BCUT2D eigenvalue weighted by Crippen LogP contribution is -2.18. The highest BCUT2D eigenvalue weighted by Crippen LogP contribution is 2.06. The fourth-order valence-corrected chi connectivity index (χ4v) is 1.33. The van der Waals surface area contributed by atoms with E-state index >= 15 is 0 Å². The summed E-state index contributed by atoms with van der Waals surface area (Å²) < 4.78 is 4.47. The van der Waals surface area contributed by atoms with Gasteiger partial charge >= 0.3 is 5.97 Å². The van der Waals surface area contributed by atoms with E-state index in [9.17, 15) is 4.79 Å². The topological polar surface area (TPSA) is 29.5 Å². The molecule has 68 valence electrons. The minimum absolute atomic E-state index is 0.269. The molecular formula is C9H15NO2. The van der Waals surface area contributed by atoms with Crippen LogP contribution in [0, 0.1) is 0 Å². The van der Waals surface area contributed by atoms with Gasteiger partial charge in [-0.3, -0.25) is 4.90 Å². The van der Waals surface area contributed by atoms with Crippen molar-refractivity contribution >= 4 is 5.97 Å². The maximum atomic E-state index is 10.7. The summed E-state index contributed by atoms with van der Waals surface area (Å²) >= 11 is 0. The fourth-order valence-electron chi connectivity index (χ4n) is 1.33. The Hall–Kier alpha value is -0.830. The van der Waals surface area contributed by atoms with Crippen LogP contribution in [0.4, 0.5) is 0 Å². The summed E-state index contributed by atoms with van der Waals surface area (Å²) in [5.41, 5.74) is 0. The molecule has 1 fully saturated rings. The Morgan fingerprint density at radius 3 is 2.75 bits per heavy atom. The van der Waals surface area contributed by atoms with Crippen LogP contribution in [0.15, 0.2) is 12.2 Å². The first-order valence-electron chi connectivity index (χ1n) is 4.30. The largest absolute Gasteiger partial charge is 0.466 e. The van der Waals surface area contributed by atoms with E-state index in [0.29, 0.717) is 0 Å². The summed E-state index contributed by atoms with van der Waals surface area (Å²) in [4.78, 5) is 13.0. The van der Waals surface area contributed by atoms with Gasteiger partial charge in [0.1, 0.15) is 0 Å². The van der Waals surface area contributed by atoms with Crippen LogP contribution in [0.3, 0.4) is 0 Å². The molecule has 1 aliphatic rings. The van der Waals surface area contributed by atoms with Crippen molar-refractivity contribution in [1.29, 1.82) is 0 Å². The van der Waals surface area contributed by atoms with Gasteiger partial charge in [0.05, 0.1) is 7.11 Å². The standard InChI is InChI=1S/C9H15NO2/c1-12-9(11)5-4-8-10-6-2-3-7-10/h4-5H,2-3,6-8H2,1H3/b5-4+. The van der Waals surface area contributed by atoms with Gasteiger partial charge in [0.15, 0.2) is 0 Å². The molecule has 3 heteroatoms. The fraction of sp³-hybridized carbons (Fsp3) is 0.667. The molecule has 1 saturated heterocycles. The van der Waals surface area contributed by atoms with E-state index in [4.69, 9.17) is 0 Å². The number of rotatable bonds is 3. The zero-order valence-electron chi connectivity index (χ0n) is 7.45. The Kier molecular flexibility index (Phi) is 3.80. The average Bonchev–Trinajstić information content (AvgIpc) is 2.57. The van der Waals surface area contributed by atoms with Gasteiger partial charge in [-0.25, -0.2) is 4.79 Å². The van der Waals surface area contributed by atoms with Gasteiger partial charge in [0.2, 0.25) is 0 Å². The number of likely N-dealkylation sites (tertiary alicyclic amines) is 1. The van der Waals surface area contributed by atoms with Crippen LogP contribution in [0.2, 0.25) is 0 Å². The van der Waals surface area contributed by atoms with Crippen molar-refractivity contribution in [2.45, 2.75) is 12.8 Å². The van der Waals surface area contributed by atoms with E-state index in [1.807, 2.05) is 6.08 Å². The highest BCUT2D eigenvalue weighted by molar-refractivity contribution is 5.81. The number of hydrogen-bond donors (Lipinski definition) is 0. The van der Waals surface area contributed by atoms with Crippen molar-refractivity contribution in [3.05, 3.63) is 12.2 Å². The first-order valence-corrected chi connectivity index (χ1v) is 4.30. The molecule has 1 heterocycles. The highest BCUT2D eigenvalue weighted by Gasteiger charge is 2.08. The Labute approximate surface area is 73.0 Å². The van der Waals surface area contributed by atoms with Gasteiger partial charge in [-0.05, 0) is 25.9 Å². The molecule has 0 radical (unpaired) electrons. The van der Waals surface area contributed by atoms with Crippen molar-refractivity contribution in [2.24, 2.45) is 0 Å². The molecule has 0 saturated carbocycles. The Morgan fingerprint density at radius 2 is 2.17 bits per heavy atom. The number of esters is 1. The Bertz CT molecular complexity index is 171. The number of carbonyl (C=O) groups is 1. The molecule has 0 amide bonds. The third-order valence-corrected chi connectivity index (χ3v) is 2.02. The molecule has 0 aromatic heterocycles. The summed E-state index contributed by atoms with van der Waals surface area (Å²) in [6.07, 6.45) is 5.91. The smallest absolute Gasteiger partial charge is 0.330 e. The van der Waals surface area contributed by atoms with Gasteiger partial charge in [-0.1, -0.05) is 6.08 Å². The van der Waals surface area contributed by atoms with Gasteiger partial charge in [-0.2, -0.15) is 0 Å². The zero-order valence-corrected chi connectivity index (χ0v) is 7.45. The molecule has 0 aliphatic carbocycles. The molecule has 0 aromatic carbocycles. The normalized spacial score (nSPS) is 18.8. The minimum atomic E-state index is -0.269. The molecule has 0 bridgehead atoms. The Morgan fingerprint density at radius 1 is 1.50 bits per heavy atom. The van der Waals surface area contributed by atoms with Gasteiger partial charge in [0.25, 0.3) is 0 Å². The third-order valence-electron chi connectivity index (χ3n) is 2.02. The SMILES string of the molecule is COC(=O)/C=C/CN1CCCC1. The van der Waals surface area contributed by atoms with Crippen molar-refractivity contribution in [2.75, 3.05) is 26.7 Å². The number of ether oxygens (including phenoxy) is 1. The minimum Gasteiger partial charge on any atom is -0.466 e. The van der Waals surface area contributed by atoms with Crippen LogP contribution in [0.25, 0.3) is 0 Å². The average molecular weight is 169 g/mol.